The highest BCUT2D eigenvalue weighted by molar-refractivity contribution is 6.31. The van der Waals surface area contributed by atoms with Crippen LogP contribution in [-0.2, 0) is 11.3 Å². The molecule has 1 rings (SSSR count). The van der Waals surface area contributed by atoms with Crippen molar-refractivity contribution in [3.8, 4) is 5.75 Å². The average Bonchev–Trinajstić information content (AvgIpc) is 2.38. The lowest BCUT2D eigenvalue weighted by atomic mass is 10.2. The molecular weight excluding hydrogens is 264 g/mol. The first-order valence-electron chi connectivity index (χ1n) is 6.55. The number of benzene rings is 1. The Bertz CT molecular complexity index is 400. The molecule has 0 spiro atoms. The molecule has 1 aromatic rings. The van der Waals surface area contributed by atoms with Gasteiger partial charge >= 0.3 is 0 Å². The molecule has 0 bridgehead atoms. The van der Waals surface area contributed by atoms with E-state index in [1.807, 2.05) is 13.8 Å². The number of phenolic OH excluding ortho intramolecular Hbond substituents is 1. The van der Waals surface area contributed by atoms with Gasteiger partial charge in [-0.25, -0.2) is 0 Å². The Morgan fingerprint density at radius 2 is 2.05 bits per heavy atom. The lowest BCUT2D eigenvalue weighted by molar-refractivity contribution is -0.130. The second kappa shape index (κ2) is 8.02. The fraction of sp³-hybridized carbons (Fsp3) is 0.500. The fourth-order valence-electron chi connectivity index (χ4n) is 1.87. The highest BCUT2D eigenvalue weighted by Crippen LogP contribution is 2.24. The van der Waals surface area contributed by atoms with Gasteiger partial charge in [-0.1, -0.05) is 17.7 Å². The van der Waals surface area contributed by atoms with Gasteiger partial charge in [0.1, 0.15) is 5.75 Å². The Balaban J connectivity index is 2.37. The molecular formula is C14H21ClN2O2. The minimum atomic E-state index is 0.140. The van der Waals surface area contributed by atoms with Crippen LogP contribution in [0.15, 0.2) is 18.2 Å². The smallest absolute Gasteiger partial charge is 0.223 e. The van der Waals surface area contributed by atoms with Gasteiger partial charge in [-0.3, -0.25) is 4.79 Å². The number of rotatable bonds is 7. The molecule has 0 aliphatic rings. The van der Waals surface area contributed by atoms with E-state index in [4.69, 9.17) is 11.6 Å². The first kappa shape index (κ1) is 15.8. The van der Waals surface area contributed by atoms with Crippen LogP contribution in [0.2, 0.25) is 5.02 Å². The molecule has 0 radical (unpaired) electrons. The van der Waals surface area contributed by atoms with Crippen LogP contribution in [0.3, 0.4) is 0 Å². The molecule has 0 unspecified atom stereocenters. The van der Waals surface area contributed by atoms with Crippen LogP contribution >= 0.6 is 11.6 Å². The van der Waals surface area contributed by atoms with Crippen molar-refractivity contribution < 1.29 is 9.90 Å². The van der Waals surface area contributed by atoms with Crippen LogP contribution in [0.4, 0.5) is 0 Å². The van der Waals surface area contributed by atoms with Gasteiger partial charge in [-0.05, 0) is 26.0 Å². The summed E-state index contributed by atoms with van der Waals surface area (Å²) >= 11 is 5.99. The van der Waals surface area contributed by atoms with Crippen molar-refractivity contribution in [3.05, 3.63) is 28.8 Å². The lowest BCUT2D eigenvalue weighted by Crippen LogP contribution is -2.32. The Morgan fingerprint density at radius 3 is 2.63 bits per heavy atom. The monoisotopic (exact) mass is 284 g/mol. The zero-order valence-corrected chi connectivity index (χ0v) is 12.2. The van der Waals surface area contributed by atoms with Crippen molar-refractivity contribution in [2.45, 2.75) is 26.8 Å². The predicted octanol–water partition coefficient (Wildman–Crippen LogP) is 2.39. The van der Waals surface area contributed by atoms with E-state index in [2.05, 4.69) is 5.32 Å². The summed E-state index contributed by atoms with van der Waals surface area (Å²) in [4.78, 5) is 13.6. The molecule has 0 saturated carbocycles. The van der Waals surface area contributed by atoms with Gasteiger partial charge in [-0.15, -0.1) is 0 Å². The number of hydrogen-bond donors (Lipinski definition) is 2. The van der Waals surface area contributed by atoms with E-state index in [0.29, 0.717) is 30.1 Å². The van der Waals surface area contributed by atoms with Crippen molar-refractivity contribution in [2.24, 2.45) is 0 Å². The lowest BCUT2D eigenvalue weighted by Gasteiger charge is -2.18. The molecule has 1 amide bonds. The SMILES string of the molecule is CCN(CC)C(=O)CCNCc1c(O)cccc1Cl. The van der Waals surface area contributed by atoms with Crippen molar-refractivity contribution in [3.63, 3.8) is 0 Å². The number of halogens is 1. The summed E-state index contributed by atoms with van der Waals surface area (Å²) in [5.74, 6) is 0.316. The second-order valence-corrected chi connectivity index (χ2v) is 4.64. The zero-order valence-electron chi connectivity index (χ0n) is 11.4. The number of nitrogens with one attached hydrogen (secondary N) is 1. The summed E-state index contributed by atoms with van der Waals surface area (Å²) in [6.45, 7) is 6.44. The van der Waals surface area contributed by atoms with Gasteiger partial charge in [0.2, 0.25) is 5.91 Å². The number of phenols is 1. The molecule has 4 nitrogen and oxygen atoms in total. The second-order valence-electron chi connectivity index (χ2n) is 4.23. The van der Waals surface area contributed by atoms with Crippen LogP contribution in [-0.4, -0.2) is 35.5 Å². The van der Waals surface area contributed by atoms with Gasteiger partial charge < -0.3 is 15.3 Å². The number of carbonyl (C=O) groups is 1. The Hall–Kier alpha value is -1.26. The number of carbonyl (C=O) groups excluding carboxylic acids is 1. The van der Waals surface area contributed by atoms with Gasteiger partial charge in [-0.2, -0.15) is 0 Å². The molecule has 0 fully saturated rings. The van der Waals surface area contributed by atoms with E-state index in [1.54, 1.807) is 23.1 Å². The van der Waals surface area contributed by atoms with E-state index in [0.717, 1.165) is 13.1 Å². The number of hydrogen-bond acceptors (Lipinski definition) is 3. The van der Waals surface area contributed by atoms with E-state index in [1.165, 1.54) is 0 Å². The highest BCUT2D eigenvalue weighted by Gasteiger charge is 2.09. The van der Waals surface area contributed by atoms with Crippen LogP contribution in [0.25, 0.3) is 0 Å². The van der Waals surface area contributed by atoms with E-state index in [9.17, 15) is 9.90 Å². The summed E-state index contributed by atoms with van der Waals surface area (Å²) in [5.41, 5.74) is 0.666. The maximum atomic E-state index is 11.8. The summed E-state index contributed by atoms with van der Waals surface area (Å²) in [5, 5.41) is 13.3. The molecule has 0 heterocycles. The number of nitrogens with zero attached hydrogens (tertiary/aromatic N) is 1. The molecule has 0 aromatic heterocycles. The molecule has 0 saturated heterocycles. The molecule has 0 aliphatic carbocycles. The van der Waals surface area contributed by atoms with Gasteiger partial charge in [0.25, 0.3) is 0 Å². The molecule has 2 N–H and O–H groups in total. The summed E-state index contributed by atoms with van der Waals surface area (Å²) in [6.07, 6.45) is 0.451. The Labute approximate surface area is 119 Å². The molecule has 1 aromatic carbocycles. The highest BCUT2D eigenvalue weighted by atomic mass is 35.5. The predicted molar refractivity (Wildman–Crippen MR) is 77.4 cm³/mol. The van der Waals surface area contributed by atoms with E-state index < -0.39 is 0 Å². The summed E-state index contributed by atoms with van der Waals surface area (Å²) in [6, 6.07) is 5.04. The molecule has 106 valence electrons. The first-order valence-corrected chi connectivity index (χ1v) is 6.92. The van der Waals surface area contributed by atoms with Gasteiger partial charge in [0.05, 0.1) is 0 Å². The summed E-state index contributed by atoms with van der Waals surface area (Å²) < 4.78 is 0. The quantitative estimate of drug-likeness (QED) is 0.756. The van der Waals surface area contributed by atoms with Gasteiger partial charge in [0.15, 0.2) is 0 Å². The van der Waals surface area contributed by atoms with Crippen LogP contribution in [0.5, 0.6) is 5.75 Å². The third-order valence-corrected chi connectivity index (χ3v) is 3.38. The molecule has 0 aliphatic heterocycles. The molecule has 0 atom stereocenters. The Kier molecular flexibility index (Phi) is 6.67. The topological polar surface area (TPSA) is 52.6 Å². The van der Waals surface area contributed by atoms with Crippen LogP contribution < -0.4 is 5.32 Å². The largest absolute Gasteiger partial charge is 0.508 e. The van der Waals surface area contributed by atoms with Crippen molar-refractivity contribution >= 4 is 17.5 Å². The average molecular weight is 285 g/mol. The number of aromatic hydroxyl groups is 1. The zero-order chi connectivity index (χ0) is 14.3. The normalized spacial score (nSPS) is 10.5. The van der Waals surface area contributed by atoms with Crippen molar-refractivity contribution in [1.29, 1.82) is 0 Å². The minimum absolute atomic E-state index is 0.140. The number of amides is 1. The van der Waals surface area contributed by atoms with Crippen LogP contribution in [0.1, 0.15) is 25.8 Å². The van der Waals surface area contributed by atoms with E-state index >= 15 is 0 Å². The maximum Gasteiger partial charge on any atom is 0.223 e. The third kappa shape index (κ3) is 4.73. The van der Waals surface area contributed by atoms with Gasteiger partial charge in [0, 0.05) is 43.2 Å². The fourth-order valence-corrected chi connectivity index (χ4v) is 2.10. The summed E-state index contributed by atoms with van der Waals surface area (Å²) in [7, 11) is 0. The van der Waals surface area contributed by atoms with Crippen LogP contribution in [0, 0.1) is 0 Å². The standard InChI is InChI=1S/C14H21ClN2O2/c1-3-17(4-2)14(19)8-9-16-10-11-12(15)6-5-7-13(11)18/h5-7,16,18H,3-4,8-10H2,1-2H3. The first-order chi connectivity index (χ1) is 9.10. The Morgan fingerprint density at radius 1 is 1.37 bits per heavy atom. The maximum absolute atomic E-state index is 11.8. The molecule has 5 heteroatoms. The van der Waals surface area contributed by atoms with Crippen molar-refractivity contribution in [1.82, 2.24) is 10.2 Å². The third-order valence-electron chi connectivity index (χ3n) is 3.03. The van der Waals surface area contributed by atoms with Crippen molar-refractivity contribution in [2.75, 3.05) is 19.6 Å². The minimum Gasteiger partial charge on any atom is -0.508 e. The molecule has 19 heavy (non-hydrogen) atoms. The van der Waals surface area contributed by atoms with E-state index in [-0.39, 0.29) is 11.7 Å².